The summed E-state index contributed by atoms with van der Waals surface area (Å²) in [5, 5.41) is 2.29. The highest BCUT2D eigenvalue weighted by atomic mass is 79.9. The first-order chi connectivity index (χ1) is 6.79. The predicted molar refractivity (Wildman–Crippen MR) is 57.8 cm³/mol. The van der Waals surface area contributed by atoms with Crippen LogP contribution in [0.3, 0.4) is 0 Å². The standard InChI is InChI=1S/C9H10BrF3N2/c1-5-2-8(6(10)3-7(5)14)15-4-9(11,12)13/h2-3,15H,4,14H2,1H3. The molecule has 84 valence electrons. The molecule has 0 bridgehead atoms. The molecule has 0 heterocycles. The highest BCUT2D eigenvalue weighted by molar-refractivity contribution is 9.10. The largest absolute Gasteiger partial charge is 0.405 e. The van der Waals surface area contributed by atoms with Crippen LogP contribution >= 0.6 is 15.9 Å². The fraction of sp³-hybridized carbons (Fsp3) is 0.333. The number of nitrogens with one attached hydrogen (secondary N) is 1. The number of aryl methyl sites for hydroxylation is 1. The average Bonchev–Trinajstić information content (AvgIpc) is 2.07. The summed E-state index contributed by atoms with van der Waals surface area (Å²) in [4.78, 5) is 0. The molecule has 0 saturated carbocycles. The van der Waals surface area contributed by atoms with Crippen LogP contribution in [-0.4, -0.2) is 12.7 Å². The smallest absolute Gasteiger partial charge is 0.398 e. The SMILES string of the molecule is Cc1cc(NCC(F)(F)F)c(Br)cc1N. The third-order valence-corrected chi connectivity index (χ3v) is 2.49. The van der Waals surface area contributed by atoms with Gasteiger partial charge in [-0.05, 0) is 40.5 Å². The zero-order valence-electron chi connectivity index (χ0n) is 7.95. The monoisotopic (exact) mass is 282 g/mol. The molecule has 1 rings (SSSR count). The number of anilines is 2. The number of hydrogen-bond donors (Lipinski definition) is 2. The third kappa shape index (κ3) is 3.62. The topological polar surface area (TPSA) is 38.0 Å². The maximum atomic E-state index is 12.0. The second-order valence-electron chi connectivity index (χ2n) is 3.16. The van der Waals surface area contributed by atoms with Crippen LogP contribution in [0.2, 0.25) is 0 Å². The van der Waals surface area contributed by atoms with Crippen molar-refractivity contribution in [3.05, 3.63) is 22.2 Å². The second kappa shape index (κ2) is 4.30. The minimum absolute atomic E-state index is 0.388. The average molecular weight is 283 g/mol. The van der Waals surface area contributed by atoms with E-state index in [0.29, 0.717) is 15.8 Å². The van der Waals surface area contributed by atoms with Crippen LogP contribution in [0.25, 0.3) is 0 Å². The molecule has 0 aliphatic heterocycles. The van der Waals surface area contributed by atoms with Gasteiger partial charge in [-0.25, -0.2) is 0 Å². The van der Waals surface area contributed by atoms with Gasteiger partial charge in [0.05, 0.1) is 0 Å². The molecular formula is C9H10BrF3N2. The third-order valence-electron chi connectivity index (χ3n) is 1.83. The van der Waals surface area contributed by atoms with Crippen LogP contribution in [-0.2, 0) is 0 Å². The number of hydrogen-bond acceptors (Lipinski definition) is 2. The molecule has 0 saturated heterocycles. The Balaban J connectivity index is 2.82. The van der Waals surface area contributed by atoms with E-state index in [1.807, 2.05) is 0 Å². The molecule has 0 spiro atoms. The zero-order valence-corrected chi connectivity index (χ0v) is 9.54. The van der Waals surface area contributed by atoms with Gasteiger partial charge in [0.15, 0.2) is 0 Å². The van der Waals surface area contributed by atoms with Crippen molar-refractivity contribution in [2.45, 2.75) is 13.1 Å². The van der Waals surface area contributed by atoms with Gasteiger partial charge in [0, 0.05) is 15.8 Å². The van der Waals surface area contributed by atoms with E-state index in [1.54, 1.807) is 19.1 Å². The van der Waals surface area contributed by atoms with Gasteiger partial charge in [-0.3, -0.25) is 0 Å². The van der Waals surface area contributed by atoms with E-state index in [2.05, 4.69) is 21.2 Å². The molecule has 2 nitrogen and oxygen atoms in total. The van der Waals surface area contributed by atoms with Gasteiger partial charge in [0.1, 0.15) is 6.54 Å². The first kappa shape index (κ1) is 12.2. The van der Waals surface area contributed by atoms with Crippen molar-refractivity contribution in [1.29, 1.82) is 0 Å². The summed E-state index contributed by atoms with van der Waals surface area (Å²) in [5.41, 5.74) is 7.26. The Labute approximate surface area is 93.8 Å². The molecular weight excluding hydrogens is 273 g/mol. The van der Waals surface area contributed by atoms with Crippen LogP contribution in [0, 0.1) is 6.92 Å². The van der Waals surface area contributed by atoms with Gasteiger partial charge >= 0.3 is 6.18 Å². The van der Waals surface area contributed by atoms with E-state index in [1.165, 1.54) is 0 Å². The fourth-order valence-electron chi connectivity index (χ4n) is 1.03. The van der Waals surface area contributed by atoms with Gasteiger partial charge in [0.2, 0.25) is 0 Å². The van der Waals surface area contributed by atoms with Crippen molar-refractivity contribution in [3.8, 4) is 0 Å². The molecule has 1 aromatic carbocycles. The summed E-state index contributed by atoms with van der Waals surface area (Å²) in [6.07, 6.45) is -4.23. The molecule has 6 heteroatoms. The summed E-state index contributed by atoms with van der Waals surface area (Å²) in [7, 11) is 0. The summed E-state index contributed by atoms with van der Waals surface area (Å²) in [6.45, 7) is 0.676. The minimum atomic E-state index is -4.23. The normalized spacial score (nSPS) is 11.5. The lowest BCUT2D eigenvalue weighted by Crippen LogP contribution is -2.21. The van der Waals surface area contributed by atoms with E-state index < -0.39 is 12.7 Å². The quantitative estimate of drug-likeness (QED) is 0.817. The Bertz CT molecular complexity index is 363. The van der Waals surface area contributed by atoms with Crippen LogP contribution in [0.15, 0.2) is 16.6 Å². The number of rotatable bonds is 2. The number of nitrogens with two attached hydrogens (primary N) is 1. The molecule has 0 radical (unpaired) electrons. The molecule has 0 aromatic heterocycles. The highest BCUT2D eigenvalue weighted by Gasteiger charge is 2.26. The van der Waals surface area contributed by atoms with Gasteiger partial charge in [-0.15, -0.1) is 0 Å². The Morgan fingerprint density at radius 2 is 2.00 bits per heavy atom. The van der Waals surface area contributed by atoms with E-state index in [4.69, 9.17) is 5.73 Å². The van der Waals surface area contributed by atoms with Crippen molar-refractivity contribution < 1.29 is 13.2 Å². The molecule has 0 fully saturated rings. The predicted octanol–water partition coefficient (Wildman–Crippen LogP) is 3.31. The summed E-state index contributed by atoms with van der Waals surface area (Å²) < 4.78 is 36.4. The molecule has 0 amide bonds. The lowest BCUT2D eigenvalue weighted by Gasteiger charge is -2.12. The first-order valence-corrected chi connectivity index (χ1v) is 4.95. The lowest BCUT2D eigenvalue weighted by molar-refractivity contribution is -0.115. The van der Waals surface area contributed by atoms with E-state index in [-0.39, 0.29) is 0 Å². The summed E-state index contributed by atoms with van der Waals surface area (Å²) in [6, 6.07) is 3.15. The number of benzene rings is 1. The molecule has 0 aliphatic rings. The fourth-order valence-corrected chi connectivity index (χ4v) is 1.53. The Kier molecular flexibility index (Phi) is 3.49. The maximum Gasteiger partial charge on any atom is 0.405 e. The van der Waals surface area contributed by atoms with Gasteiger partial charge < -0.3 is 11.1 Å². The van der Waals surface area contributed by atoms with E-state index in [9.17, 15) is 13.2 Å². The lowest BCUT2D eigenvalue weighted by atomic mass is 10.2. The van der Waals surface area contributed by atoms with Crippen molar-refractivity contribution in [1.82, 2.24) is 0 Å². The molecule has 0 aliphatic carbocycles. The number of alkyl halides is 3. The van der Waals surface area contributed by atoms with Crippen LogP contribution in [0.5, 0.6) is 0 Å². The van der Waals surface area contributed by atoms with E-state index in [0.717, 1.165) is 5.56 Å². The van der Waals surface area contributed by atoms with Gasteiger partial charge in [-0.2, -0.15) is 13.2 Å². The van der Waals surface area contributed by atoms with Gasteiger partial charge in [-0.1, -0.05) is 0 Å². The molecule has 0 unspecified atom stereocenters. The molecule has 1 aromatic rings. The molecule has 3 N–H and O–H groups in total. The second-order valence-corrected chi connectivity index (χ2v) is 4.01. The highest BCUT2D eigenvalue weighted by Crippen LogP contribution is 2.28. The van der Waals surface area contributed by atoms with Gasteiger partial charge in [0.25, 0.3) is 0 Å². The van der Waals surface area contributed by atoms with Crippen LogP contribution in [0.1, 0.15) is 5.56 Å². The first-order valence-electron chi connectivity index (χ1n) is 4.16. The number of nitrogen functional groups attached to an aromatic ring is 1. The van der Waals surface area contributed by atoms with Crippen LogP contribution in [0.4, 0.5) is 24.5 Å². The van der Waals surface area contributed by atoms with Crippen LogP contribution < -0.4 is 11.1 Å². The summed E-state index contributed by atoms with van der Waals surface area (Å²) >= 11 is 3.14. The van der Waals surface area contributed by atoms with Crippen molar-refractivity contribution in [2.24, 2.45) is 0 Å². The van der Waals surface area contributed by atoms with Crippen molar-refractivity contribution in [2.75, 3.05) is 17.6 Å². The van der Waals surface area contributed by atoms with Crippen molar-refractivity contribution >= 4 is 27.3 Å². The van der Waals surface area contributed by atoms with E-state index >= 15 is 0 Å². The Morgan fingerprint density at radius 1 is 1.40 bits per heavy atom. The molecule has 0 atom stereocenters. The number of halogens is 4. The molecule has 15 heavy (non-hydrogen) atoms. The Hall–Kier alpha value is -0.910. The minimum Gasteiger partial charge on any atom is -0.398 e. The summed E-state index contributed by atoms with van der Waals surface area (Å²) in [5.74, 6) is 0. The maximum absolute atomic E-state index is 12.0. The zero-order chi connectivity index (χ0) is 11.6. The Morgan fingerprint density at radius 3 is 2.53 bits per heavy atom. The van der Waals surface area contributed by atoms with Crippen molar-refractivity contribution in [3.63, 3.8) is 0 Å².